The lowest BCUT2D eigenvalue weighted by Gasteiger charge is -2.06. The first-order chi connectivity index (χ1) is 7.37. The SMILES string of the molecule is O=[N+]([O-])c1cccc(F)c1NS(=O)(=O)CCl. The highest BCUT2D eigenvalue weighted by molar-refractivity contribution is 7.93. The highest BCUT2D eigenvalue weighted by atomic mass is 35.5. The summed E-state index contributed by atoms with van der Waals surface area (Å²) in [6.07, 6.45) is 0. The fourth-order valence-electron chi connectivity index (χ4n) is 0.949. The molecule has 1 N–H and O–H groups in total. The third kappa shape index (κ3) is 2.80. The maximum absolute atomic E-state index is 13.2. The average molecular weight is 269 g/mol. The normalized spacial score (nSPS) is 11.1. The quantitative estimate of drug-likeness (QED) is 0.511. The smallest absolute Gasteiger partial charge is 0.274 e. The lowest BCUT2D eigenvalue weighted by molar-refractivity contribution is -0.384. The molecule has 0 amide bonds. The zero-order valence-electron chi connectivity index (χ0n) is 7.68. The predicted octanol–water partition coefficient (Wildman–Crippen LogP) is 1.67. The van der Waals surface area contributed by atoms with E-state index in [1.165, 1.54) is 0 Å². The minimum absolute atomic E-state index is 0.673. The van der Waals surface area contributed by atoms with Gasteiger partial charge in [0.05, 0.1) is 4.92 Å². The summed E-state index contributed by atoms with van der Waals surface area (Å²) in [4.78, 5) is 9.63. The topological polar surface area (TPSA) is 89.3 Å². The van der Waals surface area contributed by atoms with Gasteiger partial charge in [-0.1, -0.05) is 6.07 Å². The van der Waals surface area contributed by atoms with Crippen LogP contribution in [0.15, 0.2) is 18.2 Å². The molecule has 16 heavy (non-hydrogen) atoms. The number of alkyl halides is 1. The summed E-state index contributed by atoms with van der Waals surface area (Å²) in [7, 11) is -3.98. The number of anilines is 1. The van der Waals surface area contributed by atoms with E-state index in [1.807, 2.05) is 0 Å². The molecule has 0 atom stereocenters. The molecule has 0 saturated heterocycles. The summed E-state index contributed by atoms with van der Waals surface area (Å²) < 4.78 is 37.0. The number of nitrogens with one attached hydrogen (secondary N) is 1. The molecule has 0 heterocycles. The fourth-order valence-corrected chi connectivity index (χ4v) is 1.68. The van der Waals surface area contributed by atoms with Crippen LogP contribution in [0.1, 0.15) is 0 Å². The van der Waals surface area contributed by atoms with Gasteiger partial charge in [-0.2, -0.15) is 0 Å². The Labute approximate surface area is 95.2 Å². The van der Waals surface area contributed by atoms with Gasteiger partial charge in [-0.3, -0.25) is 14.8 Å². The third-order valence-corrected chi connectivity index (χ3v) is 3.25. The molecule has 0 aliphatic heterocycles. The Balaban J connectivity index is 3.27. The van der Waals surface area contributed by atoms with Crippen LogP contribution in [0.3, 0.4) is 0 Å². The van der Waals surface area contributed by atoms with E-state index in [9.17, 15) is 22.9 Å². The monoisotopic (exact) mass is 268 g/mol. The predicted molar refractivity (Wildman–Crippen MR) is 56.3 cm³/mol. The van der Waals surface area contributed by atoms with Crippen LogP contribution in [-0.4, -0.2) is 18.6 Å². The maximum Gasteiger partial charge on any atom is 0.296 e. The van der Waals surface area contributed by atoms with Crippen molar-refractivity contribution >= 4 is 33.0 Å². The molecule has 0 aromatic heterocycles. The van der Waals surface area contributed by atoms with E-state index < -0.39 is 37.4 Å². The molecule has 9 heteroatoms. The number of nitrogens with zero attached hydrogens (tertiary/aromatic N) is 1. The molecule has 1 aromatic carbocycles. The summed E-state index contributed by atoms with van der Waals surface area (Å²) >= 11 is 5.08. The second-order valence-electron chi connectivity index (χ2n) is 2.72. The third-order valence-electron chi connectivity index (χ3n) is 1.59. The van der Waals surface area contributed by atoms with Crippen molar-refractivity contribution in [1.29, 1.82) is 0 Å². The van der Waals surface area contributed by atoms with E-state index in [0.29, 0.717) is 0 Å². The van der Waals surface area contributed by atoms with Gasteiger partial charge in [0, 0.05) is 6.07 Å². The first kappa shape index (κ1) is 12.7. The Hall–Kier alpha value is -1.41. The minimum atomic E-state index is -3.98. The van der Waals surface area contributed by atoms with Gasteiger partial charge in [0.2, 0.25) is 10.0 Å². The van der Waals surface area contributed by atoms with Crippen molar-refractivity contribution in [2.45, 2.75) is 0 Å². The molecular formula is C7H6ClFN2O4S. The molecular weight excluding hydrogens is 263 g/mol. The molecule has 88 valence electrons. The maximum atomic E-state index is 13.2. The summed E-state index contributed by atoms with van der Waals surface area (Å²) in [6, 6.07) is 2.99. The highest BCUT2D eigenvalue weighted by Crippen LogP contribution is 2.27. The van der Waals surface area contributed by atoms with Gasteiger partial charge < -0.3 is 0 Å². The van der Waals surface area contributed by atoms with Crippen LogP contribution in [0.2, 0.25) is 0 Å². The first-order valence-corrected chi connectivity index (χ1v) is 6.05. The van der Waals surface area contributed by atoms with E-state index in [-0.39, 0.29) is 0 Å². The Morgan fingerprint density at radius 2 is 2.12 bits per heavy atom. The van der Waals surface area contributed by atoms with E-state index in [1.54, 1.807) is 4.72 Å². The molecule has 0 radical (unpaired) electrons. The molecule has 1 rings (SSSR count). The van der Waals surface area contributed by atoms with Crippen LogP contribution >= 0.6 is 11.6 Å². The lowest BCUT2D eigenvalue weighted by atomic mass is 10.2. The van der Waals surface area contributed by atoms with Crippen molar-refractivity contribution in [3.05, 3.63) is 34.1 Å². The molecule has 0 spiro atoms. The number of rotatable bonds is 4. The molecule has 0 unspecified atom stereocenters. The lowest BCUT2D eigenvalue weighted by Crippen LogP contribution is -2.15. The Morgan fingerprint density at radius 3 is 2.62 bits per heavy atom. The van der Waals surface area contributed by atoms with Crippen LogP contribution < -0.4 is 4.72 Å². The Kier molecular flexibility index (Phi) is 3.66. The second-order valence-corrected chi connectivity index (χ2v) is 5.02. The van der Waals surface area contributed by atoms with Crippen LogP contribution in [0.5, 0.6) is 0 Å². The summed E-state index contributed by atoms with van der Waals surface area (Å²) in [5, 5.41) is 9.70. The van der Waals surface area contributed by atoms with Crippen molar-refractivity contribution in [2.75, 3.05) is 9.93 Å². The number of para-hydroxylation sites is 1. The van der Waals surface area contributed by atoms with E-state index in [2.05, 4.69) is 0 Å². The van der Waals surface area contributed by atoms with Gasteiger partial charge in [0.1, 0.15) is 5.21 Å². The van der Waals surface area contributed by atoms with E-state index in [4.69, 9.17) is 11.6 Å². The van der Waals surface area contributed by atoms with Gasteiger partial charge in [0.25, 0.3) is 5.69 Å². The van der Waals surface area contributed by atoms with Crippen LogP contribution in [0.25, 0.3) is 0 Å². The minimum Gasteiger partial charge on any atom is -0.274 e. The zero-order chi connectivity index (χ0) is 12.3. The fraction of sp³-hybridized carbons (Fsp3) is 0.143. The standard InChI is InChI=1S/C7H6ClFN2O4S/c8-4-16(14,15)10-7-5(9)2-1-3-6(7)11(12)13/h1-3,10H,4H2. The highest BCUT2D eigenvalue weighted by Gasteiger charge is 2.21. The summed E-state index contributed by atoms with van der Waals surface area (Å²) in [6.45, 7) is 0. The molecule has 0 fully saturated rings. The molecule has 1 aromatic rings. The number of hydrogen-bond donors (Lipinski definition) is 1. The van der Waals surface area contributed by atoms with Crippen LogP contribution in [0.4, 0.5) is 15.8 Å². The number of sulfonamides is 1. The Morgan fingerprint density at radius 1 is 1.50 bits per heavy atom. The number of halogens is 2. The van der Waals surface area contributed by atoms with Crippen molar-refractivity contribution in [3.63, 3.8) is 0 Å². The van der Waals surface area contributed by atoms with Gasteiger partial charge in [-0.25, -0.2) is 12.8 Å². The van der Waals surface area contributed by atoms with Crippen molar-refractivity contribution < 1.29 is 17.7 Å². The van der Waals surface area contributed by atoms with Crippen LogP contribution in [-0.2, 0) is 10.0 Å². The largest absolute Gasteiger partial charge is 0.296 e. The summed E-state index contributed by atoms with van der Waals surface area (Å²) in [5.74, 6) is -1.04. The molecule has 0 saturated carbocycles. The average Bonchev–Trinajstić information content (AvgIpc) is 2.20. The van der Waals surface area contributed by atoms with Gasteiger partial charge in [0.15, 0.2) is 11.5 Å². The number of nitro groups is 1. The molecule has 6 nitrogen and oxygen atoms in total. The Bertz CT molecular complexity index is 519. The number of benzene rings is 1. The van der Waals surface area contributed by atoms with Crippen molar-refractivity contribution in [2.24, 2.45) is 0 Å². The molecule has 0 aliphatic carbocycles. The van der Waals surface area contributed by atoms with Crippen molar-refractivity contribution in [1.82, 2.24) is 0 Å². The zero-order valence-corrected chi connectivity index (χ0v) is 9.26. The summed E-state index contributed by atoms with van der Waals surface area (Å²) in [5.41, 5.74) is -1.39. The number of hydrogen-bond acceptors (Lipinski definition) is 4. The van der Waals surface area contributed by atoms with Gasteiger partial charge in [-0.15, -0.1) is 11.6 Å². The first-order valence-electron chi connectivity index (χ1n) is 3.87. The van der Waals surface area contributed by atoms with E-state index >= 15 is 0 Å². The molecule has 0 aliphatic rings. The second kappa shape index (κ2) is 4.62. The van der Waals surface area contributed by atoms with Gasteiger partial charge >= 0.3 is 0 Å². The van der Waals surface area contributed by atoms with Gasteiger partial charge in [-0.05, 0) is 6.07 Å². The van der Waals surface area contributed by atoms with E-state index in [0.717, 1.165) is 18.2 Å². The van der Waals surface area contributed by atoms with Crippen molar-refractivity contribution in [3.8, 4) is 0 Å². The number of nitro benzene ring substituents is 1. The van der Waals surface area contributed by atoms with Crippen LogP contribution in [0, 0.1) is 15.9 Å². The molecule has 0 bridgehead atoms.